The number of nitrogens with zero attached hydrogens (tertiary/aromatic N) is 4. The highest BCUT2D eigenvalue weighted by atomic mass is 16.5. The Kier molecular flexibility index (Phi) is 8.71. The van der Waals surface area contributed by atoms with Crippen LogP contribution in [-0.2, 0) is 29.6 Å². The number of carbonyl (C=O) groups excluding carboxylic acids is 2. The van der Waals surface area contributed by atoms with E-state index in [1.54, 1.807) is 0 Å². The van der Waals surface area contributed by atoms with Crippen molar-refractivity contribution in [2.75, 3.05) is 27.2 Å². The Balaban J connectivity index is 1.60. The van der Waals surface area contributed by atoms with Gasteiger partial charge in [-0.15, -0.1) is 0 Å². The largest absolute Gasteiger partial charge is 0.356 e. The van der Waals surface area contributed by atoms with Crippen LogP contribution < -0.4 is 5.32 Å². The topological polar surface area (TPSA) is 90.7 Å². The van der Waals surface area contributed by atoms with E-state index in [0.29, 0.717) is 30.4 Å². The number of rotatable bonds is 12. The van der Waals surface area contributed by atoms with Gasteiger partial charge in [-0.2, -0.15) is 0 Å². The molecule has 0 aliphatic heterocycles. The maximum Gasteiger partial charge on any atom is 0.233 e. The summed E-state index contributed by atoms with van der Waals surface area (Å²) in [6, 6.07) is 6.41. The predicted molar refractivity (Wildman–Crippen MR) is 133 cm³/mol. The number of hydrogen-bond acceptors (Lipinski definition) is 5. The van der Waals surface area contributed by atoms with E-state index < -0.39 is 0 Å². The summed E-state index contributed by atoms with van der Waals surface area (Å²) in [5, 5.41) is 13.5. The fourth-order valence-corrected chi connectivity index (χ4v) is 5.14. The van der Waals surface area contributed by atoms with Crippen molar-refractivity contribution in [2.45, 2.75) is 58.9 Å². The van der Waals surface area contributed by atoms with E-state index in [0.717, 1.165) is 55.5 Å². The summed E-state index contributed by atoms with van der Waals surface area (Å²) >= 11 is 0. The van der Waals surface area contributed by atoms with Crippen molar-refractivity contribution in [1.29, 1.82) is 0 Å². The third-order valence-corrected chi connectivity index (χ3v) is 6.99. The van der Waals surface area contributed by atoms with Crippen LogP contribution in [-0.4, -0.2) is 64.2 Å². The minimum atomic E-state index is -0.175. The molecule has 2 N–H and O–H groups in total. The van der Waals surface area contributed by atoms with Crippen LogP contribution in [0.3, 0.4) is 0 Å². The van der Waals surface area contributed by atoms with Crippen molar-refractivity contribution >= 4 is 23.4 Å². The molecule has 1 saturated carbocycles. The number of fused-ring (bicyclic) bond motifs is 1. The predicted octanol–water partition coefficient (Wildman–Crippen LogP) is 3.36. The second kappa shape index (κ2) is 11.3. The molecule has 2 amide bonds. The van der Waals surface area contributed by atoms with E-state index in [-0.39, 0.29) is 23.8 Å². The van der Waals surface area contributed by atoms with Gasteiger partial charge < -0.3 is 14.8 Å². The molecule has 3 rings (SSSR count). The number of aryl methyl sites for hydroxylation is 1. The summed E-state index contributed by atoms with van der Waals surface area (Å²) < 4.78 is 2.16. The molecule has 0 spiro atoms. The smallest absolute Gasteiger partial charge is 0.233 e. The molecule has 0 radical (unpaired) electrons. The van der Waals surface area contributed by atoms with Gasteiger partial charge in [-0.3, -0.25) is 14.8 Å². The zero-order valence-corrected chi connectivity index (χ0v) is 21.4. The van der Waals surface area contributed by atoms with Crippen LogP contribution in [0.25, 0.3) is 11.0 Å². The number of hydrogen-bond donors (Lipinski definition) is 2. The van der Waals surface area contributed by atoms with Crippen molar-refractivity contribution in [2.24, 2.45) is 24.3 Å². The van der Waals surface area contributed by atoms with Gasteiger partial charge in [-0.25, -0.2) is 10.0 Å². The minimum Gasteiger partial charge on any atom is -0.356 e. The van der Waals surface area contributed by atoms with Gasteiger partial charge in [0.15, 0.2) is 0 Å². The Morgan fingerprint density at radius 3 is 2.68 bits per heavy atom. The van der Waals surface area contributed by atoms with Crippen LogP contribution in [0.4, 0.5) is 0 Å². The highest BCUT2D eigenvalue weighted by Gasteiger charge is 2.29. The lowest BCUT2D eigenvalue weighted by Crippen LogP contribution is -2.38. The molecular weight excluding hydrogens is 430 g/mol. The fourth-order valence-electron chi connectivity index (χ4n) is 5.14. The number of aromatic nitrogens is 2. The maximum absolute atomic E-state index is 12.8. The van der Waals surface area contributed by atoms with Gasteiger partial charge in [0.1, 0.15) is 5.82 Å². The lowest BCUT2D eigenvalue weighted by molar-refractivity contribution is -0.154. The molecule has 2 aromatic rings. The first-order valence-electron chi connectivity index (χ1n) is 12.3. The Morgan fingerprint density at radius 1 is 1.32 bits per heavy atom. The minimum absolute atomic E-state index is 0.0167. The summed E-state index contributed by atoms with van der Waals surface area (Å²) in [6.07, 6.45) is 5.89. The standard InChI is InChI=1S/C26H41N5O3/c1-26(2,14-24-28-22-11-10-19(15-29(3)4)12-23(22)30(24)5)17-27-25(33)13-21(16-31(34)18-32)20-8-6-7-9-20/h10-12,18,20-21,34H,6-9,13-17H2,1-5H3,(H,27,33). The zero-order valence-electron chi connectivity index (χ0n) is 21.4. The van der Waals surface area contributed by atoms with Crippen molar-refractivity contribution in [1.82, 2.24) is 24.8 Å². The van der Waals surface area contributed by atoms with Gasteiger partial charge in [-0.1, -0.05) is 45.6 Å². The van der Waals surface area contributed by atoms with Crippen LogP contribution in [0.15, 0.2) is 18.2 Å². The van der Waals surface area contributed by atoms with Crippen LogP contribution in [0.1, 0.15) is 57.3 Å². The molecule has 1 atom stereocenters. The number of amides is 2. The second-order valence-electron chi connectivity index (χ2n) is 11.0. The summed E-state index contributed by atoms with van der Waals surface area (Å²) in [7, 11) is 6.18. The van der Waals surface area contributed by atoms with Gasteiger partial charge in [0.05, 0.1) is 17.6 Å². The monoisotopic (exact) mass is 471 g/mol. The number of hydroxylamine groups is 2. The molecule has 1 aliphatic carbocycles. The SMILES string of the molecule is CN(C)Cc1ccc2nc(CC(C)(C)CNC(=O)CC(CN(O)C=O)C3CCCC3)n(C)c2c1. The first kappa shape index (κ1) is 26.2. The maximum atomic E-state index is 12.8. The average molecular weight is 472 g/mol. The first-order chi connectivity index (χ1) is 16.1. The molecule has 1 aliphatic rings. The van der Waals surface area contributed by atoms with Crippen molar-refractivity contribution < 1.29 is 14.8 Å². The Morgan fingerprint density at radius 2 is 2.03 bits per heavy atom. The van der Waals surface area contributed by atoms with Gasteiger partial charge in [0, 0.05) is 33.0 Å². The molecule has 1 heterocycles. The van der Waals surface area contributed by atoms with Crippen LogP contribution >= 0.6 is 0 Å². The summed E-state index contributed by atoms with van der Waals surface area (Å²) in [5.41, 5.74) is 3.19. The van der Waals surface area contributed by atoms with E-state index in [2.05, 4.69) is 68.0 Å². The Hall–Kier alpha value is -2.45. The normalized spacial score (nSPS) is 15.7. The van der Waals surface area contributed by atoms with Crippen molar-refractivity contribution in [3.05, 3.63) is 29.6 Å². The van der Waals surface area contributed by atoms with Crippen molar-refractivity contribution in [3.8, 4) is 0 Å². The van der Waals surface area contributed by atoms with Gasteiger partial charge in [-0.05, 0) is 49.0 Å². The molecule has 0 bridgehead atoms. The number of benzene rings is 1. The van der Waals surface area contributed by atoms with E-state index in [1.165, 1.54) is 5.56 Å². The Bertz CT molecular complexity index is 978. The third kappa shape index (κ3) is 7.03. The first-order valence-corrected chi connectivity index (χ1v) is 12.3. The van der Waals surface area contributed by atoms with E-state index in [1.807, 2.05) is 0 Å². The summed E-state index contributed by atoms with van der Waals surface area (Å²) in [4.78, 5) is 30.7. The molecule has 1 aromatic heterocycles. The molecule has 34 heavy (non-hydrogen) atoms. The van der Waals surface area contributed by atoms with E-state index in [9.17, 15) is 14.8 Å². The summed E-state index contributed by atoms with van der Waals surface area (Å²) in [5.74, 6) is 1.34. The van der Waals surface area contributed by atoms with Gasteiger partial charge >= 0.3 is 0 Å². The van der Waals surface area contributed by atoms with Crippen LogP contribution in [0.5, 0.6) is 0 Å². The number of nitrogens with one attached hydrogen (secondary N) is 1. The highest BCUT2D eigenvalue weighted by molar-refractivity contribution is 5.77. The fraction of sp³-hybridized carbons (Fsp3) is 0.654. The average Bonchev–Trinajstić information content (AvgIpc) is 3.40. The molecule has 1 fully saturated rings. The van der Waals surface area contributed by atoms with Gasteiger partial charge in [0.2, 0.25) is 12.3 Å². The molecule has 1 unspecified atom stereocenters. The molecule has 188 valence electrons. The van der Waals surface area contributed by atoms with E-state index >= 15 is 0 Å². The van der Waals surface area contributed by atoms with Crippen molar-refractivity contribution in [3.63, 3.8) is 0 Å². The Labute approximate surface area is 203 Å². The third-order valence-electron chi connectivity index (χ3n) is 6.99. The molecular formula is C26H41N5O3. The quantitative estimate of drug-likeness (QED) is 0.281. The zero-order chi connectivity index (χ0) is 24.9. The lowest BCUT2D eigenvalue weighted by atomic mass is 9.86. The molecule has 8 heteroatoms. The lowest BCUT2D eigenvalue weighted by Gasteiger charge is -2.27. The second-order valence-corrected chi connectivity index (χ2v) is 11.0. The molecule has 0 saturated heterocycles. The highest BCUT2D eigenvalue weighted by Crippen LogP contribution is 2.33. The molecule has 1 aromatic carbocycles. The summed E-state index contributed by atoms with van der Waals surface area (Å²) in [6.45, 7) is 5.91. The van der Waals surface area contributed by atoms with E-state index in [4.69, 9.17) is 4.98 Å². The van der Waals surface area contributed by atoms with Gasteiger partial charge in [0.25, 0.3) is 0 Å². The van der Waals surface area contributed by atoms with Crippen LogP contribution in [0.2, 0.25) is 0 Å². The van der Waals surface area contributed by atoms with Crippen LogP contribution in [0, 0.1) is 17.3 Å². The molecule has 8 nitrogen and oxygen atoms in total. The number of imidazole rings is 1. The number of carbonyl (C=O) groups is 2.